The highest BCUT2D eigenvalue weighted by Crippen LogP contribution is 2.33. The van der Waals surface area contributed by atoms with Crippen LogP contribution in [-0.4, -0.2) is 10.9 Å². The molecule has 4 nitrogen and oxygen atoms in total. The SMILES string of the molecule is Cc1ccc2sc(N(Cc3ccco3)C(=O)c3ccc(F)cc3)nc2c1C. The Hall–Kier alpha value is -2.99. The van der Waals surface area contributed by atoms with E-state index < -0.39 is 0 Å². The Morgan fingerprint density at radius 1 is 1.15 bits per heavy atom. The minimum Gasteiger partial charge on any atom is -0.467 e. The normalized spacial score (nSPS) is 11.1. The number of amides is 1. The predicted octanol–water partition coefficient (Wildman–Crippen LogP) is 5.49. The van der Waals surface area contributed by atoms with Gasteiger partial charge in [0.2, 0.25) is 0 Å². The molecule has 0 aliphatic rings. The van der Waals surface area contributed by atoms with Crippen LogP contribution in [0.15, 0.2) is 59.2 Å². The number of benzene rings is 2. The molecule has 0 aliphatic heterocycles. The number of halogens is 1. The number of aryl methyl sites for hydroxylation is 2. The summed E-state index contributed by atoms with van der Waals surface area (Å²) in [5.74, 6) is 0.0210. The van der Waals surface area contributed by atoms with E-state index in [9.17, 15) is 9.18 Å². The van der Waals surface area contributed by atoms with Crippen molar-refractivity contribution in [2.75, 3.05) is 4.90 Å². The molecule has 4 aromatic rings. The Morgan fingerprint density at radius 3 is 2.63 bits per heavy atom. The molecule has 4 rings (SSSR count). The van der Waals surface area contributed by atoms with E-state index in [4.69, 9.17) is 9.40 Å². The fourth-order valence-electron chi connectivity index (χ4n) is 2.86. The van der Waals surface area contributed by atoms with E-state index in [1.807, 2.05) is 26.0 Å². The Morgan fingerprint density at radius 2 is 1.93 bits per heavy atom. The number of thiazole rings is 1. The van der Waals surface area contributed by atoms with E-state index in [0.29, 0.717) is 16.5 Å². The number of hydrogen-bond donors (Lipinski definition) is 0. The number of carbonyl (C=O) groups is 1. The molecule has 0 saturated carbocycles. The summed E-state index contributed by atoms with van der Waals surface area (Å²) in [6.45, 7) is 4.32. The number of anilines is 1. The molecule has 27 heavy (non-hydrogen) atoms. The zero-order valence-corrected chi connectivity index (χ0v) is 15.7. The summed E-state index contributed by atoms with van der Waals surface area (Å²) in [4.78, 5) is 19.4. The molecule has 0 N–H and O–H groups in total. The van der Waals surface area contributed by atoms with Gasteiger partial charge in [0.1, 0.15) is 11.6 Å². The lowest BCUT2D eigenvalue weighted by Crippen LogP contribution is -2.30. The van der Waals surface area contributed by atoms with E-state index in [1.54, 1.807) is 17.2 Å². The van der Waals surface area contributed by atoms with Crippen molar-refractivity contribution < 1.29 is 13.6 Å². The van der Waals surface area contributed by atoms with Crippen molar-refractivity contribution in [2.24, 2.45) is 0 Å². The molecule has 0 aliphatic carbocycles. The van der Waals surface area contributed by atoms with Crippen LogP contribution in [-0.2, 0) is 6.54 Å². The van der Waals surface area contributed by atoms with Crippen LogP contribution in [0.1, 0.15) is 27.2 Å². The molecular weight excluding hydrogens is 363 g/mol. The molecule has 6 heteroatoms. The van der Waals surface area contributed by atoms with Crippen molar-refractivity contribution in [2.45, 2.75) is 20.4 Å². The van der Waals surface area contributed by atoms with Crippen molar-refractivity contribution >= 4 is 32.6 Å². The van der Waals surface area contributed by atoms with E-state index in [0.717, 1.165) is 21.3 Å². The van der Waals surface area contributed by atoms with Gasteiger partial charge in [0.05, 0.1) is 23.0 Å². The van der Waals surface area contributed by atoms with Gasteiger partial charge in [-0.1, -0.05) is 17.4 Å². The maximum Gasteiger partial charge on any atom is 0.260 e. The predicted molar refractivity (Wildman–Crippen MR) is 105 cm³/mol. The number of rotatable bonds is 4. The maximum absolute atomic E-state index is 13.3. The van der Waals surface area contributed by atoms with Crippen LogP contribution in [0.5, 0.6) is 0 Å². The number of nitrogens with zero attached hydrogens (tertiary/aromatic N) is 2. The van der Waals surface area contributed by atoms with Gasteiger partial charge in [0.25, 0.3) is 5.91 Å². The topological polar surface area (TPSA) is 46.3 Å². The second-order valence-electron chi connectivity index (χ2n) is 6.33. The van der Waals surface area contributed by atoms with Crippen molar-refractivity contribution in [3.63, 3.8) is 0 Å². The van der Waals surface area contributed by atoms with Crippen molar-refractivity contribution in [1.29, 1.82) is 0 Å². The monoisotopic (exact) mass is 380 g/mol. The number of carbonyl (C=O) groups excluding carboxylic acids is 1. The average Bonchev–Trinajstić information content (AvgIpc) is 3.33. The van der Waals surface area contributed by atoms with Crippen LogP contribution in [0.3, 0.4) is 0 Å². The molecule has 0 saturated heterocycles. The number of furan rings is 1. The number of hydrogen-bond acceptors (Lipinski definition) is 4. The highest BCUT2D eigenvalue weighted by molar-refractivity contribution is 7.22. The molecular formula is C21H17FN2O2S. The summed E-state index contributed by atoms with van der Waals surface area (Å²) in [7, 11) is 0. The molecule has 0 radical (unpaired) electrons. The fraction of sp³-hybridized carbons (Fsp3) is 0.143. The first kappa shape index (κ1) is 17.4. The quantitative estimate of drug-likeness (QED) is 0.470. The van der Waals surface area contributed by atoms with Gasteiger partial charge in [-0.3, -0.25) is 9.69 Å². The molecule has 2 aromatic heterocycles. The fourth-order valence-corrected chi connectivity index (χ4v) is 3.89. The van der Waals surface area contributed by atoms with Crippen molar-refractivity contribution in [1.82, 2.24) is 4.98 Å². The molecule has 0 bridgehead atoms. The molecule has 0 atom stereocenters. The highest BCUT2D eigenvalue weighted by atomic mass is 32.1. The smallest absolute Gasteiger partial charge is 0.260 e. The zero-order valence-electron chi connectivity index (χ0n) is 14.9. The minimum atomic E-state index is -0.379. The van der Waals surface area contributed by atoms with Gasteiger partial charge in [0, 0.05) is 5.56 Å². The molecule has 136 valence electrons. The maximum atomic E-state index is 13.3. The Labute approximate surface area is 159 Å². The Kier molecular flexibility index (Phi) is 4.49. The first-order chi connectivity index (χ1) is 13.0. The summed E-state index contributed by atoms with van der Waals surface area (Å²) in [6, 6.07) is 13.2. The summed E-state index contributed by atoms with van der Waals surface area (Å²) in [5, 5.41) is 0.587. The lowest BCUT2D eigenvalue weighted by molar-refractivity contribution is 0.0983. The highest BCUT2D eigenvalue weighted by Gasteiger charge is 2.23. The molecule has 0 fully saturated rings. The molecule has 2 heterocycles. The average molecular weight is 380 g/mol. The lowest BCUT2D eigenvalue weighted by Gasteiger charge is -2.18. The summed E-state index contributed by atoms with van der Waals surface area (Å²) in [6.07, 6.45) is 1.57. The van der Waals surface area contributed by atoms with Gasteiger partial charge in [-0.25, -0.2) is 9.37 Å². The van der Waals surface area contributed by atoms with Gasteiger partial charge >= 0.3 is 0 Å². The van der Waals surface area contributed by atoms with Crippen LogP contribution in [0.25, 0.3) is 10.2 Å². The van der Waals surface area contributed by atoms with Gasteiger partial charge < -0.3 is 4.42 Å². The van der Waals surface area contributed by atoms with E-state index in [2.05, 4.69) is 6.07 Å². The second-order valence-corrected chi connectivity index (χ2v) is 7.34. The molecule has 1 amide bonds. The molecule has 0 unspecified atom stereocenters. The second kappa shape index (κ2) is 6.96. The standard InChI is InChI=1S/C21H17FN2O2S/c1-13-5-10-18-19(14(13)2)23-21(27-18)24(12-17-4-3-11-26-17)20(25)15-6-8-16(22)9-7-15/h3-11H,12H2,1-2H3. The van der Waals surface area contributed by atoms with Gasteiger partial charge in [-0.15, -0.1) is 0 Å². The molecule has 0 spiro atoms. The summed E-state index contributed by atoms with van der Waals surface area (Å²) < 4.78 is 19.7. The van der Waals surface area contributed by atoms with Gasteiger partial charge in [-0.2, -0.15) is 0 Å². The number of aromatic nitrogens is 1. The van der Waals surface area contributed by atoms with Crippen LogP contribution >= 0.6 is 11.3 Å². The van der Waals surface area contributed by atoms with Crippen molar-refractivity contribution in [3.05, 3.63) is 83.1 Å². The van der Waals surface area contributed by atoms with E-state index in [-0.39, 0.29) is 18.3 Å². The Bertz CT molecular complexity index is 1100. The summed E-state index contributed by atoms with van der Waals surface area (Å²) in [5.41, 5.74) is 3.55. The van der Waals surface area contributed by atoms with Gasteiger partial charge in [-0.05, 0) is 67.4 Å². The summed E-state index contributed by atoms with van der Waals surface area (Å²) >= 11 is 1.45. The lowest BCUT2D eigenvalue weighted by atomic mass is 10.1. The van der Waals surface area contributed by atoms with Crippen LogP contribution in [0, 0.1) is 19.7 Å². The third-order valence-corrected chi connectivity index (χ3v) is 5.58. The van der Waals surface area contributed by atoms with Crippen LogP contribution in [0.4, 0.5) is 9.52 Å². The molecule has 2 aromatic carbocycles. The first-order valence-electron chi connectivity index (χ1n) is 8.49. The zero-order chi connectivity index (χ0) is 19.0. The van der Waals surface area contributed by atoms with Crippen LogP contribution < -0.4 is 4.90 Å². The number of fused-ring (bicyclic) bond motifs is 1. The Balaban J connectivity index is 1.79. The van der Waals surface area contributed by atoms with E-state index in [1.165, 1.54) is 35.6 Å². The van der Waals surface area contributed by atoms with Crippen molar-refractivity contribution in [3.8, 4) is 0 Å². The largest absolute Gasteiger partial charge is 0.467 e. The van der Waals surface area contributed by atoms with Crippen LogP contribution in [0.2, 0.25) is 0 Å². The first-order valence-corrected chi connectivity index (χ1v) is 9.31. The minimum absolute atomic E-state index is 0.250. The van der Waals surface area contributed by atoms with Gasteiger partial charge in [0.15, 0.2) is 5.13 Å². The third-order valence-electron chi connectivity index (χ3n) is 4.53. The third kappa shape index (κ3) is 3.36. The van der Waals surface area contributed by atoms with E-state index >= 15 is 0 Å².